The van der Waals surface area contributed by atoms with Crippen LogP contribution < -0.4 is 22.1 Å². The number of rotatable bonds is 5. The number of nitrogens with zero attached hydrogens (tertiary/aromatic N) is 4. The maximum absolute atomic E-state index is 11.7. The number of aromatic nitrogens is 2. The van der Waals surface area contributed by atoms with Crippen molar-refractivity contribution in [3.8, 4) is 0 Å². The van der Waals surface area contributed by atoms with Gasteiger partial charge in [0.05, 0.1) is 6.61 Å². The minimum Gasteiger partial charge on any atom is -0.383 e. The summed E-state index contributed by atoms with van der Waals surface area (Å²) >= 11 is 5.98. The van der Waals surface area contributed by atoms with Crippen LogP contribution in [0.5, 0.6) is 0 Å². The molecular formula is C10H16ClN7O2. The fraction of sp³-hybridized carbons (Fsp3) is 0.400. The fourth-order valence-electron chi connectivity index (χ4n) is 1.32. The number of ether oxygens (including phenoxy) is 1. The highest BCUT2D eigenvalue weighted by molar-refractivity contribution is 6.32. The van der Waals surface area contributed by atoms with E-state index < -0.39 is 11.9 Å². The van der Waals surface area contributed by atoms with Crippen LogP contribution in [0.2, 0.25) is 5.15 Å². The van der Waals surface area contributed by atoms with Gasteiger partial charge in [0.25, 0.3) is 0 Å². The van der Waals surface area contributed by atoms with Gasteiger partial charge in [0.2, 0.25) is 0 Å². The zero-order valence-electron chi connectivity index (χ0n) is 11.1. The van der Waals surface area contributed by atoms with Gasteiger partial charge in [-0.15, -0.1) is 0 Å². The molecule has 1 amide bonds. The molecular weight excluding hydrogens is 286 g/mol. The van der Waals surface area contributed by atoms with E-state index in [9.17, 15) is 4.79 Å². The number of aliphatic imine (C=N–C) groups is 1. The van der Waals surface area contributed by atoms with E-state index in [4.69, 9.17) is 33.5 Å². The molecule has 0 radical (unpaired) electrons. The van der Waals surface area contributed by atoms with Gasteiger partial charge in [0, 0.05) is 20.7 Å². The van der Waals surface area contributed by atoms with E-state index >= 15 is 0 Å². The van der Waals surface area contributed by atoms with Crippen LogP contribution in [0.1, 0.15) is 10.5 Å². The second-order valence-electron chi connectivity index (χ2n) is 3.83. The number of carbonyl (C=O) groups is 1. The number of guanidine groups is 1. The molecule has 6 N–H and O–H groups in total. The third kappa shape index (κ3) is 3.93. The monoisotopic (exact) mass is 301 g/mol. The molecule has 10 heteroatoms. The fourth-order valence-corrected chi connectivity index (χ4v) is 1.59. The van der Waals surface area contributed by atoms with Crippen LogP contribution in [0.3, 0.4) is 0 Å². The predicted octanol–water partition coefficient (Wildman–Crippen LogP) is -0.792. The Labute approximate surface area is 120 Å². The molecule has 0 aliphatic rings. The molecule has 1 aromatic rings. The SMILES string of the molecule is COCCN(C)c1nc(N)c(C(=O)N=C(N)N)nc1Cl. The molecule has 1 heterocycles. The third-order valence-corrected chi connectivity index (χ3v) is 2.54. The van der Waals surface area contributed by atoms with Gasteiger partial charge in [-0.3, -0.25) is 4.79 Å². The molecule has 0 aliphatic carbocycles. The van der Waals surface area contributed by atoms with Gasteiger partial charge in [-0.05, 0) is 0 Å². The average molecular weight is 302 g/mol. The van der Waals surface area contributed by atoms with Crippen molar-refractivity contribution in [2.24, 2.45) is 16.5 Å². The topological polar surface area (TPSA) is 146 Å². The predicted molar refractivity (Wildman–Crippen MR) is 76.7 cm³/mol. The van der Waals surface area contributed by atoms with E-state index in [-0.39, 0.29) is 16.7 Å². The largest absolute Gasteiger partial charge is 0.383 e. The number of likely N-dealkylation sites (N-methyl/N-ethyl adjacent to an activating group) is 1. The zero-order valence-corrected chi connectivity index (χ0v) is 11.9. The van der Waals surface area contributed by atoms with Crippen molar-refractivity contribution < 1.29 is 9.53 Å². The third-order valence-electron chi connectivity index (χ3n) is 2.29. The lowest BCUT2D eigenvalue weighted by molar-refractivity contribution is 0.0998. The highest BCUT2D eigenvalue weighted by Gasteiger charge is 2.18. The Morgan fingerprint density at radius 3 is 2.65 bits per heavy atom. The maximum Gasteiger partial charge on any atom is 0.302 e. The summed E-state index contributed by atoms with van der Waals surface area (Å²) in [7, 11) is 3.32. The highest BCUT2D eigenvalue weighted by atomic mass is 35.5. The van der Waals surface area contributed by atoms with Gasteiger partial charge in [-0.1, -0.05) is 11.6 Å². The molecule has 0 bridgehead atoms. The Hall–Kier alpha value is -2.13. The number of nitrogens with two attached hydrogens (primary N) is 3. The van der Waals surface area contributed by atoms with Crippen molar-refractivity contribution in [1.82, 2.24) is 9.97 Å². The number of methoxy groups -OCH3 is 1. The van der Waals surface area contributed by atoms with Gasteiger partial charge >= 0.3 is 5.91 Å². The Morgan fingerprint density at radius 1 is 1.45 bits per heavy atom. The summed E-state index contributed by atoms with van der Waals surface area (Å²) in [5.41, 5.74) is 15.7. The van der Waals surface area contributed by atoms with Crippen molar-refractivity contribution in [3.05, 3.63) is 10.8 Å². The van der Waals surface area contributed by atoms with Crippen LogP contribution in [0, 0.1) is 0 Å². The van der Waals surface area contributed by atoms with Crippen molar-refractivity contribution in [2.45, 2.75) is 0 Å². The van der Waals surface area contributed by atoms with E-state index in [0.29, 0.717) is 19.0 Å². The first kappa shape index (κ1) is 15.9. The minimum atomic E-state index is -0.803. The summed E-state index contributed by atoms with van der Waals surface area (Å²) in [6.07, 6.45) is 0. The molecule has 0 fully saturated rings. The highest BCUT2D eigenvalue weighted by Crippen LogP contribution is 2.23. The minimum absolute atomic E-state index is 0.0203. The second-order valence-corrected chi connectivity index (χ2v) is 4.19. The lowest BCUT2D eigenvalue weighted by atomic mass is 10.4. The van der Waals surface area contributed by atoms with Gasteiger partial charge in [-0.2, -0.15) is 4.99 Å². The Morgan fingerprint density at radius 2 is 2.10 bits per heavy atom. The van der Waals surface area contributed by atoms with Crippen LogP contribution in [0.4, 0.5) is 11.6 Å². The Bertz CT molecular complexity index is 531. The Kier molecular flexibility index (Phi) is 5.47. The standard InChI is InChI=1S/C10H16ClN7O2/c1-18(3-4-20-2)8-6(11)15-5(7(12)16-8)9(19)17-10(13)14/h3-4H2,1-2H3,(H2,12,16)(H4,13,14,17,19). The average Bonchev–Trinajstić information content (AvgIpc) is 2.37. The quantitative estimate of drug-likeness (QED) is 0.473. The number of hydrogen-bond acceptors (Lipinski definition) is 6. The van der Waals surface area contributed by atoms with Crippen molar-refractivity contribution in [2.75, 3.05) is 37.9 Å². The van der Waals surface area contributed by atoms with E-state index in [1.54, 1.807) is 19.1 Å². The summed E-state index contributed by atoms with van der Waals surface area (Å²) in [6.45, 7) is 1.01. The summed E-state index contributed by atoms with van der Waals surface area (Å²) < 4.78 is 4.95. The number of amides is 1. The number of halogens is 1. The second kappa shape index (κ2) is 6.87. The first-order valence-corrected chi connectivity index (χ1v) is 5.91. The van der Waals surface area contributed by atoms with Crippen LogP contribution in [-0.4, -0.2) is 49.1 Å². The number of nitrogen functional groups attached to an aromatic ring is 1. The zero-order chi connectivity index (χ0) is 15.3. The molecule has 0 saturated carbocycles. The van der Waals surface area contributed by atoms with Crippen LogP contribution in [-0.2, 0) is 4.74 Å². The van der Waals surface area contributed by atoms with Gasteiger partial charge in [-0.25, -0.2) is 9.97 Å². The number of carbonyl (C=O) groups excluding carboxylic acids is 1. The molecule has 0 aliphatic heterocycles. The molecule has 0 saturated heterocycles. The van der Waals surface area contributed by atoms with Gasteiger partial charge < -0.3 is 26.8 Å². The van der Waals surface area contributed by atoms with Crippen LogP contribution in [0.15, 0.2) is 4.99 Å². The van der Waals surface area contributed by atoms with E-state index in [2.05, 4.69) is 15.0 Å². The lowest BCUT2D eigenvalue weighted by Crippen LogP contribution is -2.26. The first-order valence-electron chi connectivity index (χ1n) is 5.53. The number of anilines is 2. The molecule has 1 rings (SSSR count). The molecule has 20 heavy (non-hydrogen) atoms. The van der Waals surface area contributed by atoms with Crippen molar-refractivity contribution in [1.29, 1.82) is 0 Å². The van der Waals surface area contributed by atoms with E-state index in [1.807, 2.05) is 0 Å². The Balaban J connectivity index is 3.08. The summed E-state index contributed by atoms with van der Waals surface area (Å²) in [5, 5.41) is 0.0203. The van der Waals surface area contributed by atoms with Crippen LogP contribution >= 0.6 is 11.6 Å². The molecule has 0 atom stereocenters. The first-order chi connectivity index (χ1) is 9.36. The molecule has 0 spiro atoms. The van der Waals surface area contributed by atoms with Gasteiger partial charge in [0.1, 0.15) is 0 Å². The molecule has 110 valence electrons. The molecule has 9 nitrogen and oxygen atoms in total. The number of hydrogen-bond donors (Lipinski definition) is 3. The van der Waals surface area contributed by atoms with E-state index in [0.717, 1.165) is 0 Å². The summed E-state index contributed by atoms with van der Waals surface area (Å²) in [4.78, 5) is 24.6. The van der Waals surface area contributed by atoms with Crippen molar-refractivity contribution >= 4 is 35.1 Å². The molecule has 0 unspecified atom stereocenters. The van der Waals surface area contributed by atoms with Gasteiger partial charge in [0.15, 0.2) is 28.4 Å². The molecule has 1 aromatic heterocycles. The smallest absolute Gasteiger partial charge is 0.302 e. The lowest BCUT2D eigenvalue weighted by Gasteiger charge is -2.19. The summed E-state index contributed by atoms with van der Waals surface area (Å²) in [5.74, 6) is -0.970. The van der Waals surface area contributed by atoms with E-state index in [1.165, 1.54) is 0 Å². The van der Waals surface area contributed by atoms with Crippen LogP contribution in [0.25, 0.3) is 0 Å². The normalized spacial score (nSPS) is 10.2. The molecule has 0 aromatic carbocycles. The van der Waals surface area contributed by atoms with Crippen molar-refractivity contribution in [3.63, 3.8) is 0 Å². The maximum atomic E-state index is 11.7. The summed E-state index contributed by atoms with van der Waals surface area (Å²) in [6, 6.07) is 0.